The Labute approximate surface area is 171 Å². The third kappa shape index (κ3) is 3.90. The summed E-state index contributed by atoms with van der Waals surface area (Å²) in [6.07, 6.45) is 0. The van der Waals surface area contributed by atoms with E-state index in [1.165, 1.54) is 0 Å². The van der Waals surface area contributed by atoms with Crippen molar-refractivity contribution >= 4 is 22.5 Å². The summed E-state index contributed by atoms with van der Waals surface area (Å²) >= 11 is 0. The number of nitrogens with zero attached hydrogens (tertiary/aromatic N) is 1. The molecule has 29 heavy (non-hydrogen) atoms. The standard InChI is InChI=1S/C26H24N2O/c1-16-10-17(2)13-21(12-16)27-26(29)23-15-24(20-8-6-5-7-9-20)28-25-19(4)11-18(3)14-22(23)25/h5-15H,1-4H3,(H,27,29). The van der Waals surface area contributed by atoms with E-state index in [0.717, 1.165) is 50.1 Å². The number of amides is 1. The van der Waals surface area contributed by atoms with Crippen LogP contribution < -0.4 is 5.32 Å². The predicted molar refractivity (Wildman–Crippen MR) is 121 cm³/mol. The molecule has 4 rings (SSSR count). The van der Waals surface area contributed by atoms with Crippen molar-refractivity contribution in [2.75, 3.05) is 5.32 Å². The van der Waals surface area contributed by atoms with E-state index < -0.39 is 0 Å². The number of pyridine rings is 1. The highest BCUT2D eigenvalue weighted by Gasteiger charge is 2.16. The molecule has 1 amide bonds. The van der Waals surface area contributed by atoms with Gasteiger partial charge in [-0.3, -0.25) is 4.79 Å². The van der Waals surface area contributed by atoms with Gasteiger partial charge in [-0.15, -0.1) is 0 Å². The van der Waals surface area contributed by atoms with E-state index in [9.17, 15) is 4.79 Å². The minimum absolute atomic E-state index is 0.121. The van der Waals surface area contributed by atoms with Crippen LogP contribution in [0.3, 0.4) is 0 Å². The second kappa shape index (κ2) is 7.51. The highest BCUT2D eigenvalue weighted by Crippen LogP contribution is 2.28. The molecule has 0 bridgehead atoms. The number of hydrogen-bond acceptors (Lipinski definition) is 2. The lowest BCUT2D eigenvalue weighted by molar-refractivity contribution is 0.102. The Morgan fingerprint density at radius 2 is 1.45 bits per heavy atom. The molecule has 0 saturated heterocycles. The fraction of sp³-hybridized carbons (Fsp3) is 0.154. The third-order valence-electron chi connectivity index (χ3n) is 5.04. The molecule has 0 unspecified atom stereocenters. The van der Waals surface area contributed by atoms with E-state index in [2.05, 4.69) is 17.4 Å². The SMILES string of the molecule is Cc1cc(C)cc(NC(=O)c2cc(-c3ccccc3)nc3c(C)cc(C)cc23)c1. The molecule has 0 radical (unpaired) electrons. The molecule has 3 aromatic carbocycles. The number of hydrogen-bond donors (Lipinski definition) is 1. The number of carbonyl (C=O) groups excluding carboxylic acids is 1. The van der Waals surface area contributed by atoms with Crippen LogP contribution >= 0.6 is 0 Å². The van der Waals surface area contributed by atoms with Crippen molar-refractivity contribution in [1.82, 2.24) is 4.98 Å². The second-order valence-electron chi connectivity index (χ2n) is 7.73. The van der Waals surface area contributed by atoms with Crippen LogP contribution in [-0.2, 0) is 0 Å². The first-order valence-corrected chi connectivity index (χ1v) is 9.78. The maximum absolute atomic E-state index is 13.3. The summed E-state index contributed by atoms with van der Waals surface area (Å²) in [7, 11) is 0. The number of benzene rings is 3. The zero-order valence-corrected chi connectivity index (χ0v) is 17.2. The van der Waals surface area contributed by atoms with E-state index in [4.69, 9.17) is 4.98 Å². The van der Waals surface area contributed by atoms with Gasteiger partial charge in [0.15, 0.2) is 0 Å². The Balaban J connectivity index is 1.88. The molecule has 144 valence electrons. The van der Waals surface area contributed by atoms with Gasteiger partial charge in [0.05, 0.1) is 16.8 Å². The van der Waals surface area contributed by atoms with Crippen molar-refractivity contribution in [3.8, 4) is 11.3 Å². The molecule has 0 atom stereocenters. The summed E-state index contributed by atoms with van der Waals surface area (Å²) in [5, 5.41) is 3.96. The zero-order chi connectivity index (χ0) is 20.5. The molecule has 3 nitrogen and oxygen atoms in total. The van der Waals surface area contributed by atoms with Crippen molar-refractivity contribution in [1.29, 1.82) is 0 Å². The second-order valence-corrected chi connectivity index (χ2v) is 7.73. The lowest BCUT2D eigenvalue weighted by Gasteiger charge is -2.13. The molecule has 1 aromatic heterocycles. The molecule has 4 aromatic rings. The summed E-state index contributed by atoms with van der Waals surface area (Å²) in [6.45, 7) is 8.15. The average Bonchev–Trinajstić information content (AvgIpc) is 2.67. The lowest BCUT2D eigenvalue weighted by Crippen LogP contribution is -2.13. The Morgan fingerprint density at radius 1 is 0.793 bits per heavy atom. The summed E-state index contributed by atoms with van der Waals surface area (Å²) < 4.78 is 0. The van der Waals surface area contributed by atoms with Gasteiger partial charge in [-0.05, 0) is 68.7 Å². The normalized spacial score (nSPS) is 10.9. The average molecular weight is 380 g/mol. The monoisotopic (exact) mass is 380 g/mol. The molecule has 0 aliphatic rings. The van der Waals surface area contributed by atoms with Gasteiger partial charge >= 0.3 is 0 Å². The summed E-state index contributed by atoms with van der Waals surface area (Å²) in [6, 6.07) is 22.1. The third-order valence-corrected chi connectivity index (χ3v) is 5.04. The number of aryl methyl sites for hydroxylation is 4. The lowest BCUT2D eigenvalue weighted by atomic mass is 9.99. The number of rotatable bonds is 3. The fourth-order valence-corrected chi connectivity index (χ4v) is 3.87. The Kier molecular flexibility index (Phi) is 4.89. The Bertz CT molecular complexity index is 1210. The molecule has 0 saturated carbocycles. The first-order chi connectivity index (χ1) is 13.9. The molecule has 0 aliphatic heterocycles. The number of anilines is 1. The molecular weight excluding hydrogens is 356 g/mol. The van der Waals surface area contributed by atoms with Crippen LogP contribution in [0, 0.1) is 27.7 Å². The van der Waals surface area contributed by atoms with Gasteiger partial charge in [-0.2, -0.15) is 0 Å². The van der Waals surface area contributed by atoms with E-state index in [-0.39, 0.29) is 5.91 Å². The van der Waals surface area contributed by atoms with Gasteiger partial charge in [0.2, 0.25) is 0 Å². The first-order valence-electron chi connectivity index (χ1n) is 9.78. The van der Waals surface area contributed by atoms with Gasteiger partial charge in [-0.1, -0.05) is 48.0 Å². The van der Waals surface area contributed by atoms with Crippen molar-refractivity contribution in [3.63, 3.8) is 0 Å². The molecule has 0 fully saturated rings. The smallest absolute Gasteiger partial charge is 0.256 e. The summed E-state index contributed by atoms with van der Waals surface area (Å²) in [5.41, 5.74) is 8.53. The Morgan fingerprint density at radius 3 is 2.14 bits per heavy atom. The van der Waals surface area contributed by atoms with E-state index in [0.29, 0.717) is 5.56 Å². The van der Waals surface area contributed by atoms with Crippen LogP contribution in [0.15, 0.2) is 66.7 Å². The summed E-state index contributed by atoms with van der Waals surface area (Å²) in [4.78, 5) is 18.2. The van der Waals surface area contributed by atoms with E-state index in [1.54, 1.807) is 0 Å². The van der Waals surface area contributed by atoms with Gasteiger partial charge < -0.3 is 5.32 Å². The van der Waals surface area contributed by atoms with Crippen LogP contribution in [0.2, 0.25) is 0 Å². The van der Waals surface area contributed by atoms with Gasteiger partial charge in [0.1, 0.15) is 0 Å². The Hall–Kier alpha value is -3.46. The van der Waals surface area contributed by atoms with E-state index in [1.807, 2.05) is 82.3 Å². The zero-order valence-electron chi connectivity index (χ0n) is 17.2. The number of carbonyl (C=O) groups is 1. The number of fused-ring (bicyclic) bond motifs is 1. The van der Waals surface area contributed by atoms with Crippen molar-refractivity contribution in [2.45, 2.75) is 27.7 Å². The predicted octanol–water partition coefficient (Wildman–Crippen LogP) is 6.39. The van der Waals surface area contributed by atoms with Crippen molar-refractivity contribution in [2.24, 2.45) is 0 Å². The molecule has 3 heteroatoms. The molecule has 1 N–H and O–H groups in total. The summed E-state index contributed by atoms with van der Waals surface area (Å²) in [5.74, 6) is -0.121. The van der Waals surface area contributed by atoms with E-state index >= 15 is 0 Å². The topological polar surface area (TPSA) is 42.0 Å². The number of aromatic nitrogens is 1. The highest BCUT2D eigenvalue weighted by molar-refractivity contribution is 6.13. The van der Waals surface area contributed by atoms with Crippen molar-refractivity contribution in [3.05, 3.63) is 94.5 Å². The maximum atomic E-state index is 13.3. The molecule has 0 spiro atoms. The largest absolute Gasteiger partial charge is 0.322 e. The number of nitrogens with one attached hydrogen (secondary N) is 1. The highest BCUT2D eigenvalue weighted by atomic mass is 16.1. The fourth-order valence-electron chi connectivity index (χ4n) is 3.87. The molecule has 1 heterocycles. The minimum atomic E-state index is -0.121. The molecular formula is C26H24N2O. The maximum Gasteiger partial charge on any atom is 0.256 e. The van der Waals surface area contributed by atoms with Crippen LogP contribution in [0.25, 0.3) is 22.2 Å². The first kappa shape index (κ1) is 18.9. The van der Waals surface area contributed by atoms with Gasteiger partial charge in [-0.25, -0.2) is 4.98 Å². The van der Waals surface area contributed by atoms with Crippen LogP contribution in [-0.4, -0.2) is 10.9 Å². The van der Waals surface area contributed by atoms with Crippen molar-refractivity contribution < 1.29 is 4.79 Å². The van der Waals surface area contributed by atoms with Gasteiger partial charge in [0.25, 0.3) is 5.91 Å². The van der Waals surface area contributed by atoms with Gasteiger partial charge in [0, 0.05) is 16.6 Å². The van der Waals surface area contributed by atoms with Crippen LogP contribution in [0.4, 0.5) is 5.69 Å². The van der Waals surface area contributed by atoms with Crippen LogP contribution in [0.1, 0.15) is 32.6 Å². The minimum Gasteiger partial charge on any atom is -0.322 e. The quantitative estimate of drug-likeness (QED) is 0.447. The molecule has 0 aliphatic carbocycles. The van der Waals surface area contributed by atoms with Crippen LogP contribution in [0.5, 0.6) is 0 Å².